The zero-order chi connectivity index (χ0) is 14.3. The zero-order valence-corrected chi connectivity index (χ0v) is 10.9. The van der Waals surface area contributed by atoms with Gasteiger partial charge in [-0.2, -0.15) is 10.5 Å². The summed E-state index contributed by atoms with van der Waals surface area (Å²) in [6.07, 6.45) is 1.12. The van der Waals surface area contributed by atoms with Gasteiger partial charge in [0.25, 0.3) is 0 Å². The number of benzene rings is 1. The van der Waals surface area contributed by atoms with E-state index in [0.717, 1.165) is 6.08 Å². The molecule has 4 nitrogen and oxygen atoms in total. The van der Waals surface area contributed by atoms with E-state index in [2.05, 4.69) is 0 Å². The highest BCUT2D eigenvalue weighted by molar-refractivity contribution is 5.96. The van der Waals surface area contributed by atoms with Crippen LogP contribution in [0, 0.1) is 28.6 Å². The van der Waals surface area contributed by atoms with Crippen molar-refractivity contribution in [1.82, 2.24) is 0 Å². The van der Waals surface area contributed by atoms with Gasteiger partial charge in [0.1, 0.15) is 6.07 Å². The molecule has 1 aromatic rings. The lowest BCUT2D eigenvalue weighted by molar-refractivity contribution is -0.138. The maximum absolute atomic E-state index is 11.6. The number of hydrogen-bond donors (Lipinski definition) is 0. The minimum absolute atomic E-state index is 0.130. The predicted octanol–water partition coefficient (Wildman–Crippen LogP) is 2.66. The Morgan fingerprint density at radius 3 is 2.63 bits per heavy atom. The molecule has 0 aromatic heterocycles. The highest BCUT2D eigenvalue weighted by atomic mass is 16.5. The normalized spacial score (nSPS) is 10.7. The zero-order valence-electron chi connectivity index (χ0n) is 10.9. The first-order valence-electron chi connectivity index (χ1n) is 5.86. The molecule has 0 amide bonds. The Morgan fingerprint density at radius 1 is 1.37 bits per heavy atom. The molecule has 0 N–H and O–H groups in total. The van der Waals surface area contributed by atoms with Gasteiger partial charge in [-0.1, -0.05) is 32.0 Å². The number of carbonyl (C=O) groups is 1. The van der Waals surface area contributed by atoms with Gasteiger partial charge in [0, 0.05) is 11.6 Å². The Kier molecular flexibility index (Phi) is 5.32. The smallest absolute Gasteiger partial charge is 0.332 e. The van der Waals surface area contributed by atoms with Gasteiger partial charge < -0.3 is 4.74 Å². The number of nitrogens with zero attached hydrogens (tertiary/aromatic N) is 2. The van der Waals surface area contributed by atoms with E-state index < -0.39 is 5.97 Å². The van der Waals surface area contributed by atoms with Crippen molar-refractivity contribution in [1.29, 1.82) is 10.5 Å². The van der Waals surface area contributed by atoms with E-state index in [9.17, 15) is 4.79 Å². The average Bonchev–Trinajstić information content (AvgIpc) is 2.42. The molecule has 0 aliphatic carbocycles. The Morgan fingerprint density at radius 2 is 2.05 bits per heavy atom. The van der Waals surface area contributed by atoms with Gasteiger partial charge in [-0.3, -0.25) is 0 Å². The SMILES string of the molecule is CC(C)COC(=O)C=C(C#N)c1ccccc1C#N. The standard InChI is InChI=1S/C15H14N2O2/c1-11(2)10-19-15(18)7-13(9-17)14-6-4-3-5-12(14)8-16/h3-7,11H,10H2,1-2H3. The number of ether oxygens (including phenoxy) is 1. The lowest BCUT2D eigenvalue weighted by Crippen LogP contribution is -2.08. The van der Waals surface area contributed by atoms with Crippen LogP contribution in [0.3, 0.4) is 0 Å². The number of nitriles is 2. The molecule has 0 bridgehead atoms. The molecule has 19 heavy (non-hydrogen) atoms. The lowest BCUT2D eigenvalue weighted by atomic mass is 10.0. The predicted molar refractivity (Wildman–Crippen MR) is 70.5 cm³/mol. The summed E-state index contributed by atoms with van der Waals surface area (Å²) < 4.78 is 4.98. The second kappa shape index (κ2) is 6.98. The molecule has 0 saturated carbocycles. The van der Waals surface area contributed by atoms with Crippen molar-refractivity contribution in [2.24, 2.45) is 5.92 Å². The molecule has 0 radical (unpaired) electrons. The first kappa shape index (κ1) is 14.5. The van der Waals surface area contributed by atoms with Crippen LogP contribution in [0.4, 0.5) is 0 Å². The third kappa shape index (κ3) is 4.29. The van der Waals surface area contributed by atoms with Gasteiger partial charge in [0.15, 0.2) is 0 Å². The maximum atomic E-state index is 11.6. The van der Waals surface area contributed by atoms with Crippen molar-refractivity contribution in [3.8, 4) is 12.1 Å². The van der Waals surface area contributed by atoms with Crippen molar-refractivity contribution in [3.05, 3.63) is 41.5 Å². The second-order valence-electron chi connectivity index (χ2n) is 4.35. The average molecular weight is 254 g/mol. The van der Waals surface area contributed by atoms with Crippen LogP contribution in [-0.2, 0) is 9.53 Å². The molecule has 0 unspecified atom stereocenters. The third-order valence-corrected chi connectivity index (χ3v) is 2.28. The van der Waals surface area contributed by atoms with E-state index in [1.807, 2.05) is 26.0 Å². The van der Waals surface area contributed by atoms with Crippen LogP contribution in [0.1, 0.15) is 25.0 Å². The monoisotopic (exact) mass is 254 g/mol. The molecule has 0 saturated heterocycles. The van der Waals surface area contributed by atoms with E-state index in [0.29, 0.717) is 17.7 Å². The third-order valence-electron chi connectivity index (χ3n) is 2.28. The van der Waals surface area contributed by atoms with E-state index in [1.54, 1.807) is 24.3 Å². The van der Waals surface area contributed by atoms with E-state index in [1.165, 1.54) is 0 Å². The second-order valence-corrected chi connectivity index (χ2v) is 4.35. The fourth-order valence-corrected chi connectivity index (χ4v) is 1.39. The van der Waals surface area contributed by atoms with E-state index in [4.69, 9.17) is 15.3 Å². The van der Waals surface area contributed by atoms with Crippen molar-refractivity contribution in [2.75, 3.05) is 6.61 Å². The highest BCUT2D eigenvalue weighted by Gasteiger charge is 2.09. The van der Waals surface area contributed by atoms with Crippen LogP contribution in [0.15, 0.2) is 30.3 Å². The van der Waals surface area contributed by atoms with Crippen LogP contribution in [0.2, 0.25) is 0 Å². The van der Waals surface area contributed by atoms with Crippen molar-refractivity contribution >= 4 is 11.5 Å². The quantitative estimate of drug-likeness (QED) is 0.470. The van der Waals surface area contributed by atoms with Gasteiger partial charge in [0.05, 0.1) is 23.8 Å². The Hall–Kier alpha value is -2.59. The van der Waals surface area contributed by atoms with E-state index >= 15 is 0 Å². The molecule has 1 aromatic carbocycles. The van der Waals surface area contributed by atoms with Crippen LogP contribution in [-0.4, -0.2) is 12.6 Å². The van der Waals surface area contributed by atoms with Crippen LogP contribution in [0.5, 0.6) is 0 Å². The number of hydrogen-bond acceptors (Lipinski definition) is 4. The first-order chi connectivity index (χ1) is 9.08. The Labute approximate surface area is 112 Å². The van der Waals surface area contributed by atoms with Crippen LogP contribution in [0.25, 0.3) is 5.57 Å². The molecule has 0 fully saturated rings. The summed E-state index contributed by atoms with van der Waals surface area (Å²) in [6.45, 7) is 4.15. The largest absolute Gasteiger partial charge is 0.462 e. The topological polar surface area (TPSA) is 73.9 Å². The Bertz CT molecular complexity index is 575. The van der Waals surface area contributed by atoms with Crippen molar-refractivity contribution < 1.29 is 9.53 Å². The lowest BCUT2D eigenvalue weighted by Gasteiger charge is -2.05. The molecule has 4 heteroatoms. The summed E-state index contributed by atoms with van der Waals surface area (Å²) in [5, 5.41) is 18.1. The van der Waals surface area contributed by atoms with Gasteiger partial charge in [-0.05, 0) is 12.0 Å². The summed E-state index contributed by atoms with van der Waals surface area (Å²) in [5.41, 5.74) is 0.923. The molecule has 0 aliphatic rings. The molecule has 0 heterocycles. The fourth-order valence-electron chi connectivity index (χ4n) is 1.39. The Balaban J connectivity index is 2.98. The molecule has 0 aliphatic heterocycles. The summed E-state index contributed by atoms with van der Waals surface area (Å²) in [4.78, 5) is 11.6. The van der Waals surface area contributed by atoms with Gasteiger partial charge in [-0.15, -0.1) is 0 Å². The molecular formula is C15H14N2O2. The molecule has 0 spiro atoms. The van der Waals surface area contributed by atoms with E-state index in [-0.39, 0.29) is 11.5 Å². The first-order valence-corrected chi connectivity index (χ1v) is 5.86. The number of esters is 1. The fraction of sp³-hybridized carbons (Fsp3) is 0.267. The summed E-state index contributed by atoms with van der Waals surface area (Å²) in [5.74, 6) is -0.340. The minimum Gasteiger partial charge on any atom is -0.462 e. The molecular weight excluding hydrogens is 240 g/mol. The minimum atomic E-state index is -0.571. The summed E-state index contributed by atoms with van der Waals surface area (Å²) in [6, 6.07) is 10.5. The van der Waals surface area contributed by atoms with Gasteiger partial charge in [0.2, 0.25) is 0 Å². The van der Waals surface area contributed by atoms with Crippen molar-refractivity contribution in [3.63, 3.8) is 0 Å². The number of rotatable bonds is 4. The number of carbonyl (C=O) groups excluding carboxylic acids is 1. The maximum Gasteiger partial charge on any atom is 0.332 e. The van der Waals surface area contributed by atoms with Crippen LogP contribution < -0.4 is 0 Å². The summed E-state index contributed by atoms with van der Waals surface area (Å²) >= 11 is 0. The number of allylic oxidation sites excluding steroid dienone is 1. The highest BCUT2D eigenvalue weighted by Crippen LogP contribution is 2.18. The molecule has 0 atom stereocenters. The van der Waals surface area contributed by atoms with Gasteiger partial charge in [-0.25, -0.2) is 4.79 Å². The van der Waals surface area contributed by atoms with Crippen molar-refractivity contribution in [2.45, 2.75) is 13.8 Å². The molecule has 96 valence electrons. The van der Waals surface area contributed by atoms with Crippen LogP contribution >= 0.6 is 0 Å². The summed E-state index contributed by atoms with van der Waals surface area (Å²) in [7, 11) is 0. The molecule has 1 rings (SSSR count). The van der Waals surface area contributed by atoms with Gasteiger partial charge >= 0.3 is 5.97 Å².